The van der Waals surface area contributed by atoms with E-state index in [1.54, 1.807) is 0 Å². The first-order chi connectivity index (χ1) is 10.7. The fourth-order valence-corrected chi connectivity index (χ4v) is 4.89. The lowest BCUT2D eigenvalue weighted by Gasteiger charge is -2.20. The third-order valence-corrected chi connectivity index (χ3v) is 7.50. The van der Waals surface area contributed by atoms with E-state index >= 15 is 0 Å². The Hall–Kier alpha value is -1.60. The van der Waals surface area contributed by atoms with E-state index < -0.39 is 8.07 Å². The van der Waals surface area contributed by atoms with E-state index in [0.717, 1.165) is 6.42 Å². The molecule has 0 unspecified atom stereocenters. The van der Waals surface area contributed by atoms with Gasteiger partial charge >= 0.3 is 0 Å². The second kappa shape index (κ2) is 5.49. The number of hydrogen-bond acceptors (Lipinski definition) is 0. The molecule has 2 aromatic carbocycles. The highest BCUT2D eigenvalue weighted by Crippen LogP contribution is 2.40. The number of allylic oxidation sites excluding steroid dienone is 1. The van der Waals surface area contributed by atoms with Gasteiger partial charge in [0.1, 0.15) is 0 Å². The standard InChI is InChI=1S/C22H28Si/c1-14-12-20-16(3)15(2)17(4)22(21(20)13-14)18-8-10-19(11-9-18)23(5,6)7/h8-11,13H,12H2,1-7H3. The lowest BCUT2D eigenvalue weighted by molar-refractivity contribution is 1.13. The molecule has 0 saturated heterocycles. The second-order valence-corrected chi connectivity index (χ2v) is 13.2. The summed E-state index contributed by atoms with van der Waals surface area (Å²) in [6.07, 6.45) is 3.51. The van der Waals surface area contributed by atoms with Crippen LogP contribution >= 0.6 is 0 Å². The molecule has 0 bridgehead atoms. The SMILES string of the molecule is CC1=Cc2c(c(C)c(C)c(C)c2-c2ccc([Si](C)(C)C)cc2)C1. The van der Waals surface area contributed by atoms with Crippen molar-refractivity contribution in [2.75, 3.05) is 0 Å². The van der Waals surface area contributed by atoms with Gasteiger partial charge in [-0.2, -0.15) is 0 Å². The highest BCUT2D eigenvalue weighted by atomic mass is 28.3. The van der Waals surface area contributed by atoms with Gasteiger partial charge in [-0.3, -0.25) is 0 Å². The van der Waals surface area contributed by atoms with Gasteiger partial charge < -0.3 is 0 Å². The molecule has 0 N–H and O–H groups in total. The molecule has 0 atom stereocenters. The molecule has 0 spiro atoms. The molecule has 23 heavy (non-hydrogen) atoms. The zero-order valence-electron chi connectivity index (χ0n) is 15.6. The van der Waals surface area contributed by atoms with E-state index in [0.29, 0.717) is 0 Å². The molecule has 0 amide bonds. The van der Waals surface area contributed by atoms with Gasteiger partial charge in [0.15, 0.2) is 0 Å². The maximum Gasteiger partial charge on any atom is 0.0775 e. The van der Waals surface area contributed by atoms with E-state index in [-0.39, 0.29) is 0 Å². The van der Waals surface area contributed by atoms with Crippen molar-refractivity contribution in [2.45, 2.75) is 53.8 Å². The van der Waals surface area contributed by atoms with Crippen LogP contribution in [0.25, 0.3) is 17.2 Å². The second-order valence-electron chi connectivity index (χ2n) is 8.14. The third-order valence-electron chi connectivity index (χ3n) is 5.43. The van der Waals surface area contributed by atoms with Crippen molar-refractivity contribution < 1.29 is 0 Å². The summed E-state index contributed by atoms with van der Waals surface area (Å²) < 4.78 is 0. The minimum Gasteiger partial charge on any atom is -0.0683 e. The van der Waals surface area contributed by atoms with E-state index in [4.69, 9.17) is 0 Å². The van der Waals surface area contributed by atoms with Crippen LogP contribution in [0.1, 0.15) is 34.7 Å². The molecule has 3 rings (SSSR count). The number of hydrogen-bond donors (Lipinski definition) is 0. The third kappa shape index (κ3) is 2.72. The first kappa shape index (κ1) is 16.3. The lowest BCUT2D eigenvalue weighted by Crippen LogP contribution is -2.37. The minimum atomic E-state index is -1.23. The molecule has 0 nitrogen and oxygen atoms in total. The summed E-state index contributed by atoms with van der Waals surface area (Å²) in [5, 5.41) is 1.53. The van der Waals surface area contributed by atoms with Gasteiger partial charge in [-0.05, 0) is 73.1 Å². The fraction of sp³-hybridized carbons (Fsp3) is 0.364. The summed E-state index contributed by atoms with van der Waals surface area (Å²) in [6.45, 7) is 16.3. The molecule has 0 aromatic heterocycles. The van der Waals surface area contributed by atoms with Crippen LogP contribution in [-0.2, 0) is 6.42 Å². The molecule has 0 fully saturated rings. The molecule has 1 heteroatoms. The molecular formula is C22H28Si. The Balaban J connectivity index is 2.21. The average molecular weight is 321 g/mol. The quantitative estimate of drug-likeness (QED) is 0.615. The van der Waals surface area contributed by atoms with Gasteiger partial charge in [0, 0.05) is 0 Å². The molecule has 0 radical (unpaired) electrons. The Labute approximate surface area is 142 Å². The van der Waals surface area contributed by atoms with Gasteiger partial charge in [0.05, 0.1) is 8.07 Å². The average Bonchev–Trinajstić information content (AvgIpc) is 2.86. The van der Waals surface area contributed by atoms with Gasteiger partial charge in [-0.25, -0.2) is 0 Å². The first-order valence-corrected chi connectivity index (χ1v) is 12.1. The summed E-state index contributed by atoms with van der Waals surface area (Å²) in [5.41, 5.74) is 11.7. The van der Waals surface area contributed by atoms with Crippen LogP contribution in [-0.4, -0.2) is 8.07 Å². The first-order valence-electron chi connectivity index (χ1n) is 8.61. The van der Waals surface area contributed by atoms with Gasteiger partial charge in [0.2, 0.25) is 0 Å². The Bertz CT molecular complexity index is 800. The van der Waals surface area contributed by atoms with Crippen LogP contribution in [0.2, 0.25) is 19.6 Å². The maximum atomic E-state index is 2.41. The van der Waals surface area contributed by atoms with Crippen LogP contribution in [0.15, 0.2) is 29.8 Å². The zero-order valence-corrected chi connectivity index (χ0v) is 16.6. The summed E-state index contributed by atoms with van der Waals surface area (Å²) in [5.74, 6) is 0. The van der Waals surface area contributed by atoms with Crippen molar-refractivity contribution in [3.05, 3.63) is 57.7 Å². The molecule has 1 aliphatic carbocycles. The van der Waals surface area contributed by atoms with Crippen molar-refractivity contribution in [3.8, 4) is 11.1 Å². The number of rotatable bonds is 2. The maximum absolute atomic E-state index is 2.41. The lowest BCUT2D eigenvalue weighted by atomic mass is 9.86. The van der Waals surface area contributed by atoms with Crippen LogP contribution in [0.5, 0.6) is 0 Å². The van der Waals surface area contributed by atoms with Crippen LogP contribution in [0.3, 0.4) is 0 Å². The number of fused-ring (bicyclic) bond motifs is 1. The largest absolute Gasteiger partial charge is 0.0775 e. The van der Waals surface area contributed by atoms with Crippen LogP contribution in [0.4, 0.5) is 0 Å². The van der Waals surface area contributed by atoms with Crippen molar-refractivity contribution in [1.82, 2.24) is 0 Å². The van der Waals surface area contributed by atoms with Gasteiger partial charge in [0.25, 0.3) is 0 Å². The van der Waals surface area contributed by atoms with Gasteiger partial charge in [-0.15, -0.1) is 0 Å². The van der Waals surface area contributed by atoms with Crippen molar-refractivity contribution in [3.63, 3.8) is 0 Å². The van der Waals surface area contributed by atoms with E-state index in [1.807, 2.05) is 0 Å². The Kier molecular flexibility index (Phi) is 3.88. The number of benzene rings is 2. The fourth-order valence-electron chi connectivity index (χ4n) is 3.72. The molecule has 0 heterocycles. The highest BCUT2D eigenvalue weighted by molar-refractivity contribution is 6.88. The van der Waals surface area contributed by atoms with Gasteiger partial charge in [-0.1, -0.05) is 60.7 Å². The normalized spacial score (nSPS) is 14.0. The summed E-state index contributed by atoms with van der Waals surface area (Å²) in [6, 6.07) is 9.39. The van der Waals surface area contributed by atoms with Crippen LogP contribution < -0.4 is 5.19 Å². The predicted molar refractivity (Wildman–Crippen MR) is 106 cm³/mol. The molecule has 0 saturated carbocycles. The Morgan fingerprint density at radius 3 is 1.96 bits per heavy atom. The predicted octanol–water partition coefficient (Wildman–Crippen LogP) is 5.78. The monoisotopic (exact) mass is 320 g/mol. The van der Waals surface area contributed by atoms with Crippen molar-refractivity contribution in [1.29, 1.82) is 0 Å². The van der Waals surface area contributed by atoms with Crippen molar-refractivity contribution >= 4 is 19.3 Å². The van der Waals surface area contributed by atoms with E-state index in [2.05, 4.69) is 77.7 Å². The molecule has 0 aliphatic heterocycles. The summed E-state index contributed by atoms with van der Waals surface area (Å²) in [4.78, 5) is 0. The summed E-state index contributed by atoms with van der Waals surface area (Å²) in [7, 11) is -1.23. The molecule has 2 aromatic rings. The molecular weight excluding hydrogens is 292 g/mol. The molecule has 120 valence electrons. The zero-order chi connectivity index (χ0) is 16.9. The minimum absolute atomic E-state index is 1.11. The topological polar surface area (TPSA) is 0 Å². The van der Waals surface area contributed by atoms with Crippen LogP contribution in [0, 0.1) is 20.8 Å². The van der Waals surface area contributed by atoms with E-state index in [9.17, 15) is 0 Å². The Morgan fingerprint density at radius 2 is 1.39 bits per heavy atom. The smallest absolute Gasteiger partial charge is 0.0683 e. The highest BCUT2D eigenvalue weighted by Gasteiger charge is 2.22. The van der Waals surface area contributed by atoms with Crippen molar-refractivity contribution in [2.24, 2.45) is 0 Å². The molecule has 1 aliphatic rings. The Morgan fingerprint density at radius 1 is 0.783 bits per heavy atom. The van der Waals surface area contributed by atoms with E-state index in [1.165, 1.54) is 49.7 Å². The summed E-state index contributed by atoms with van der Waals surface area (Å²) >= 11 is 0.